The SMILES string of the molecule is N#Cc1cc(Cl)c(NC(N)=S)c(Br)c1. The highest BCUT2D eigenvalue weighted by Crippen LogP contribution is 2.31. The van der Waals surface area contributed by atoms with Crippen molar-refractivity contribution in [3.63, 3.8) is 0 Å². The molecule has 0 unspecified atom stereocenters. The van der Waals surface area contributed by atoms with Crippen LogP contribution in [0.3, 0.4) is 0 Å². The molecule has 0 aliphatic rings. The van der Waals surface area contributed by atoms with Crippen LogP contribution < -0.4 is 11.1 Å². The topological polar surface area (TPSA) is 61.8 Å². The molecule has 6 heteroatoms. The number of nitrogens with two attached hydrogens (primary N) is 1. The zero-order valence-corrected chi connectivity index (χ0v) is 10.0. The summed E-state index contributed by atoms with van der Waals surface area (Å²) in [6, 6.07) is 5.15. The molecule has 72 valence electrons. The number of hydrogen-bond acceptors (Lipinski definition) is 2. The van der Waals surface area contributed by atoms with E-state index in [4.69, 9.17) is 22.6 Å². The van der Waals surface area contributed by atoms with Crippen molar-refractivity contribution in [1.82, 2.24) is 0 Å². The van der Waals surface area contributed by atoms with Gasteiger partial charge in [-0.25, -0.2) is 0 Å². The quantitative estimate of drug-likeness (QED) is 0.781. The van der Waals surface area contributed by atoms with Crippen molar-refractivity contribution in [2.75, 3.05) is 5.32 Å². The lowest BCUT2D eigenvalue weighted by Crippen LogP contribution is -2.19. The first-order valence-electron chi connectivity index (χ1n) is 3.50. The molecule has 0 atom stereocenters. The summed E-state index contributed by atoms with van der Waals surface area (Å²) in [5, 5.41) is 11.9. The highest BCUT2D eigenvalue weighted by Gasteiger charge is 2.07. The van der Waals surface area contributed by atoms with Crippen LogP contribution in [0.5, 0.6) is 0 Å². The number of rotatable bonds is 1. The third-order valence-corrected chi connectivity index (χ3v) is 2.44. The molecule has 0 aromatic heterocycles. The Morgan fingerprint density at radius 1 is 1.64 bits per heavy atom. The summed E-state index contributed by atoms with van der Waals surface area (Å²) >= 11 is 13.8. The highest BCUT2D eigenvalue weighted by molar-refractivity contribution is 9.10. The zero-order chi connectivity index (χ0) is 10.7. The van der Waals surface area contributed by atoms with Crippen LogP contribution >= 0.6 is 39.7 Å². The second-order valence-electron chi connectivity index (χ2n) is 2.42. The lowest BCUT2D eigenvalue weighted by Gasteiger charge is -2.08. The predicted molar refractivity (Wildman–Crippen MR) is 64.3 cm³/mol. The molecule has 0 bridgehead atoms. The van der Waals surface area contributed by atoms with Gasteiger partial charge in [0.15, 0.2) is 5.11 Å². The molecule has 14 heavy (non-hydrogen) atoms. The van der Waals surface area contributed by atoms with Gasteiger partial charge in [0.05, 0.1) is 22.3 Å². The van der Waals surface area contributed by atoms with Gasteiger partial charge in [0, 0.05) is 4.47 Å². The molecule has 0 radical (unpaired) electrons. The van der Waals surface area contributed by atoms with Crippen LogP contribution in [-0.4, -0.2) is 5.11 Å². The fraction of sp³-hybridized carbons (Fsp3) is 0. The van der Waals surface area contributed by atoms with Crippen molar-refractivity contribution in [3.8, 4) is 6.07 Å². The molecule has 1 rings (SSSR count). The van der Waals surface area contributed by atoms with E-state index in [1.165, 1.54) is 6.07 Å². The number of benzene rings is 1. The fourth-order valence-electron chi connectivity index (χ4n) is 0.880. The highest BCUT2D eigenvalue weighted by atomic mass is 79.9. The molecular formula is C8H5BrClN3S. The van der Waals surface area contributed by atoms with E-state index < -0.39 is 0 Å². The Bertz CT molecular complexity index is 404. The van der Waals surface area contributed by atoms with Gasteiger partial charge in [-0.1, -0.05) is 11.6 Å². The van der Waals surface area contributed by atoms with Crippen LogP contribution in [0.25, 0.3) is 0 Å². The van der Waals surface area contributed by atoms with Crippen LogP contribution in [0.1, 0.15) is 5.56 Å². The second-order valence-corrected chi connectivity index (χ2v) is 4.12. The van der Waals surface area contributed by atoms with Crippen LogP contribution in [0.2, 0.25) is 5.02 Å². The Morgan fingerprint density at radius 3 is 2.71 bits per heavy atom. The summed E-state index contributed by atoms with van der Waals surface area (Å²) in [7, 11) is 0. The van der Waals surface area contributed by atoms with Gasteiger partial charge in [0.25, 0.3) is 0 Å². The lowest BCUT2D eigenvalue weighted by atomic mass is 10.2. The van der Waals surface area contributed by atoms with Gasteiger partial charge in [-0.15, -0.1) is 0 Å². The largest absolute Gasteiger partial charge is 0.376 e. The van der Waals surface area contributed by atoms with Gasteiger partial charge in [0.2, 0.25) is 0 Å². The lowest BCUT2D eigenvalue weighted by molar-refractivity contribution is 1.47. The number of nitriles is 1. The molecule has 0 aliphatic carbocycles. The van der Waals surface area contributed by atoms with Crippen molar-refractivity contribution in [1.29, 1.82) is 5.26 Å². The van der Waals surface area contributed by atoms with Crippen molar-refractivity contribution >= 4 is 50.5 Å². The first kappa shape index (κ1) is 11.2. The molecule has 1 aromatic rings. The molecule has 0 saturated carbocycles. The smallest absolute Gasteiger partial charge is 0.168 e. The molecule has 0 spiro atoms. The van der Waals surface area contributed by atoms with E-state index in [2.05, 4.69) is 33.5 Å². The Labute approximate surface area is 100.0 Å². The van der Waals surface area contributed by atoms with Crippen LogP contribution in [-0.2, 0) is 0 Å². The number of halogens is 2. The number of hydrogen-bond donors (Lipinski definition) is 2. The van der Waals surface area contributed by atoms with Crippen molar-refractivity contribution < 1.29 is 0 Å². The van der Waals surface area contributed by atoms with E-state index in [9.17, 15) is 0 Å². The molecule has 0 fully saturated rings. The van der Waals surface area contributed by atoms with Crippen molar-refractivity contribution in [2.24, 2.45) is 5.73 Å². The van der Waals surface area contributed by atoms with Gasteiger partial charge < -0.3 is 11.1 Å². The monoisotopic (exact) mass is 289 g/mol. The summed E-state index contributed by atoms with van der Waals surface area (Å²) < 4.78 is 0.648. The number of thiocarbonyl (C=S) groups is 1. The summed E-state index contributed by atoms with van der Waals surface area (Å²) in [4.78, 5) is 0. The Morgan fingerprint density at radius 2 is 2.29 bits per heavy atom. The fourth-order valence-corrected chi connectivity index (χ4v) is 1.92. The summed E-state index contributed by atoms with van der Waals surface area (Å²) in [5.74, 6) is 0. The molecular weight excluding hydrogens is 286 g/mol. The van der Waals surface area contributed by atoms with Gasteiger partial charge in [-0.05, 0) is 40.3 Å². The van der Waals surface area contributed by atoms with E-state index in [1.54, 1.807) is 6.07 Å². The Balaban J connectivity index is 3.19. The molecule has 0 heterocycles. The summed E-state index contributed by atoms with van der Waals surface area (Å²) in [6.45, 7) is 0. The molecule has 1 aromatic carbocycles. The third kappa shape index (κ3) is 2.58. The van der Waals surface area contributed by atoms with Crippen LogP contribution in [0.4, 0.5) is 5.69 Å². The molecule has 3 nitrogen and oxygen atoms in total. The summed E-state index contributed by atoms with van der Waals surface area (Å²) in [5.41, 5.74) is 6.34. The van der Waals surface area contributed by atoms with Gasteiger partial charge >= 0.3 is 0 Å². The molecule has 0 aliphatic heterocycles. The first-order valence-corrected chi connectivity index (χ1v) is 5.08. The van der Waals surface area contributed by atoms with Crippen molar-refractivity contribution in [3.05, 3.63) is 27.2 Å². The standard InChI is InChI=1S/C8H5BrClN3S/c9-5-1-4(3-11)2-6(10)7(5)13-8(12)14/h1-2H,(H3,12,13,14). The van der Waals surface area contributed by atoms with Crippen molar-refractivity contribution in [2.45, 2.75) is 0 Å². The minimum Gasteiger partial charge on any atom is -0.376 e. The van der Waals surface area contributed by atoms with E-state index in [-0.39, 0.29) is 5.11 Å². The molecule has 3 N–H and O–H groups in total. The average Bonchev–Trinajstić information content (AvgIpc) is 2.10. The minimum atomic E-state index is 0.123. The Kier molecular flexibility index (Phi) is 3.69. The predicted octanol–water partition coefficient (Wildman–Crippen LogP) is 2.63. The first-order chi connectivity index (χ1) is 6.54. The maximum absolute atomic E-state index is 8.66. The minimum absolute atomic E-state index is 0.123. The number of nitrogens with one attached hydrogen (secondary N) is 1. The van der Waals surface area contributed by atoms with Gasteiger partial charge in [-0.3, -0.25) is 0 Å². The Hall–Kier alpha value is -0.830. The number of nitrogens with zero attached hydrogens (tertiary/aromatic N) is 1. The van der Waals surface area contributed by atoms with E-state index in [0.717, 1.165) is 0 Å². The second kappa shape index (κ2) is 4.60. The third-order valence-electron chi connectivity index (χ3n) is 1.42. The average molecular weight is 291 g/mol. The molecule has 0 saturated heterocycles. The van der Waals surface area contributed by atoms with Crippen LogP contribution in [0.15, 0.2) is 16.6 Å². The molecule has 0 amide bonds. The van der Waals surface area contributed by atoms with Crippen LogP contribution in [0, 0.1) is 11.3 Å². The van der Waals surface area contributed by atoms with E-state index in [1.807, 2.05) is 6.07 Å². The van der Waals surface area contributed by atoms with Gasteiger partial charge in [0.1, 0.15) is 0 Å². The van der Waals surface area contributed by atoms with E-state index >= 15 is 0 Å². The summed E-state index contributed by atoms with van der Waals surface area (Å²) in [6.07, 6.45) is 0. The normalized spacial score (nSPS) is 9.21. The number of anilines is 1. The maximum atomic E-state index is 8.66. The van der Waals surface area contributed by atoms with Gasteiger partial charge in [-0.2, -0.15) is 5.26 Å². The zero-order valence-electron chi connectivity index (χ0n) is 6.84. The van der Waals surface area contributed by atoms with E-state index in [0.29, 0.717) is 20.7 Å². The maximum Gasteiger partial charge on any atom is 0.168 e.